The Balaban J connectivity index is 1.84. The number of hydrogen-bond acceptors (Lipinski definition) is 4. The fourth-order valence-corrected chi connectivity index (χ4v) is 3.66. The molecule has 1 amide bonds. The molecule has 3 heterocycles. The molecule has 1 aliphatic rings. The van der Waals surface area contributed by atoms with E-state index in [1.54, 1.807) is 12.1 Å². The minimum absolute atomic E-state index is 0.0144. The van der Waals surface area contributed by atoms with Gasteiger partial charge in [-0.3, -0.25) is 9.48 Å². The maximum atomic E-state index is 13.6. The standard InChI is InChI=1S/C19H25F3N4O2/c1-12(2)25-8-6-14(7-9-25)26-13(3)16(17(24-26)19(20,21)22)18(27)23-11-15-5-4-10-28-15/h4-5,10,12,14H,6-9,11H2,1-3H3,(H,23,27). The van der Waals surface area contributed by atoms with E-state index in [-0.39, 0.29) is 18.3 Å². The van der Waals surface area contributed by atoms with Crippen LogP contribution in [-0.4, -0.2) is 39.7 Å². The molecule has 1 aliphatic heterocycles. The van der Waals surface area contributed by atoms with Crippen LogP contribution in [0.25, 0.3) is 0 Å². The van der Waals surface area contributed by atoms with E-state index in [2.05, 4.69) is 29.2 Å². The van der Waals surface area contributed by atoms with E-state index < -0.39 is 23.3 Å². The summed E-state index contributed by atoms with van der Waals surface area (Å²) in [6, 6.07) is 3.54. The molecule has 1 fully saturated rings. The highest BCUT2D eigenvalue weighted by Crippen LogP contribution is 2.35. The lowest BCUT2D eigenvalue weighted by molar-refractivity contribution is -0.142. The number of hydrogen-bond donors (Lipinski definition) is 1. The van der Waals surface area contributed by atoms with Gasteiger partial charge in [0.15, 0.2) is 5.69 Å². The van der Waals surface area contributed by atoms with E-state index in [1.165, 1.54) is 17.9 Å². The molecule has 0 aromatic carbocycles. The van der Waals surface area contributed by atoms with Crippen molar-refractivity contribution in [3.63, 3.8) is 0 Å². The lowest BCUT2D eigenvalue weighted by atomic mass is 10.0. The predicted molar refractivity (Wildman–Crippen MR) is 96.8 cm³/mol. The summed E-state index contributed by atoms with van der Waals surface area (Å²) in [5, 5.41) is 6.33. The Kier molecular flexibility index (Phi) is 5.83. The largest absolute Gasteiger partial charge is 0.467 e. The second-order valence-electron chi connectivity index (χ2n) is 7.37. The molecule has 0 saturated carbocycles. The van der Waals surface area contributed by atoms with Crippen LogP contribution in [0.1, 0.15) is 60.2 Å². The lowest BCUT2D eigenvalue weighted by Gasteiger charge is -2.35. The third-order valence-electron chi connectivity index (χ3n) is 5.22. The van der Waals surface area contributed by atoms with E-state index in [9.17, 15) is 18.0 Å². The third kappa shape index (κ3) is 4.24. The molecule has 2 aromatic rings. The van der Waals surface area contributed by atoms with Gasteiger partial charge in [0, 0.05) is 24.8 Å². The Hall–Kier alpha value is -2.29. The number of nitrogens with one attached hydrogen (secondary N) is 1. The number of furan rings is 1. The third-order valence-corrected chi connectivity index (χ3v) is 5.22. The van der Waals surface area contributed by atoms with Crippen LogP contribution in [0.5, 0.6) is 0 Å². The second-order valence-corrected chi connectivity index (χ2v) is 7.37. The number of likely N-dealkylation sites (tertiary alicyclic amines) is 1. The highest BCUT2D eigenvalue weighted by Gasteiger charge is 2.41. The molecule has 1 N–H and O–H groups in total. The van der Waals surface area contributed by atoms with Crippen LogP contribution in [0.2, 0.25) is 0 Å². The van der Waals surface area contributed by atoms with Crippen molar-refractivity contribution in [3.05, 3.63) is 41.1 Å². The summed E-state index contributed by atoms with van der Waals surface area (Å²) in [5.41, 5.74) is -1.30. The Morgan fingerprint density at radius 2 is 2.04 bits per heavy atom. The number of piperidine rings is 1. The first kappa shape index (κ1) is 20.4. The minimum atomic E-state index is -4.70. The molecule has 0 bridgehead atoms. The van der Waals surface area contributed by atoms with Crippen molar-refractivity contribution in [2.75, 3.05) is 13.1 Å². The molecule has 154 valence electrons. The summed E-state index contributed by atoms with van der Waals surface area (Å²) >= 11 is 0. The first-order valence-electron chi connectivity index (χ1n) is 9.39. The normalized spacial score (nSPS) is 16.7. The van der Waals surface area contributed by atoms with Gasteiger partial charge in [0.1, 0.15) is 5.76 Å². The topological polar surface area (TPSA) is 63.3 Å². The van der Waals surface area contributed by atoms with Crippen LogP contribution in [0.3, 0.4) is 0 Å². The number of carbonyl (C=O) groups excluding carboxylic acids is 1. The summed E-state index contributed by atoms with van der Waals surface area (Å²) in [4.78, 5) is 14.8. The highest BCUT2D eigenvalue weighted by atomic mass is 19.4. The van der Waals surface area contributed by atoms with Crippen molar-refractivity contribution in [2.45, 2.75) is 58.4 Å². The average Bonchev–Trinajstić information content (AvgIpc) is 3.27. The minimum Gasteiger partial charge on any atom is -0.467 e. The number of rotatable bonds is 5. The van der Waals surface area contributed by atoms with E-state index in [0.717, 1.165) is 13.1 Å². The van der Waals surface area contributed by atoms with Gasteiger partial charge in [-0.25, -0.2) is 0 Å². The zero-order valence-corrected chi connectivity index (χ0v) is 16.2. The van der Waals surface area contributed by atoms with Crippen LogP contribution in [0.15, 0.2) is 22.8 Å². The Labute approximate surface area is 161 Å². The Morgan fingerprint density at radius 1 is 1.36 bits per heavy atom. The number of carbonyl (C=O) groups is 1. The molecule has 0 aliphatic carbocycles. The number of halogens is 3. The number of nitrogens with zero attached hydrogens (tertiary/aromatic N) is 3. The first-order valence-corrected chi connectivity index (χ1v) is 9.39. The molecule has 2 aromatic heterocycles. The fraction of sp³-hybridized carbons (Fsp3) is 0.579. The summed E-state index contributed by atoms with van der Waals surface area (Å²) < 4.78 is 47.2. The van der Waals surface area contributed by atoms with Gasteiger partial charge >= 0.3 is 6.18 Å². The fourth-order valence-electron chi connectivity index (χ4n) is 3.66. The highest BCUT2D eigenvalue weighted by molar-refractivity contribution is 5.96. The van der Waals surface area contributed by atoms with Crippen molar-refractivity contribution in [1.82, 2.24) is 20.0 Å². The maximum absolute atomic E-state index is 13.6. The molecule has 3 rings (SSSR count). The molecular formula is C19H25F3N4O2. The number of alkyl halides is 3. The molecule has 9 heteroatoms. The van der Waals surface area contributed by atoms with Gasteiger partial charge in [0.05, 0.1) is 24.4 Å². The zero-order chi connectivity index (χ0) is 20.5. The number of aromatic nitrogens is 2. The maximum Gasteiger partial charge on any atom is 0.435 e. The van der Waals surface area contributed by atoms with Crippen molar-refractivity contribution >= 4 is 5.91 Å². The SMILES string of the molecule is Cc1c(C(=O)NCc2ccco2)c(C(F)(F)F)nn1C1CCN(C(C)C)CC1. The predicted octanol–water partition coefficient (Wildman–Crippen LogP) is 3.78. The van der Waals surface area contributed by atoms with Crippen molar-refractivity contribution < 1.29 is 22.4 Å². The Morgan fingerprint density at radius 3 is 2.57 bits per heavy atom. The van der Waals surface area contributed by atoms with Crippen molar-refractivity contribution in [3.8, 4) is 0 Å². The van der Waals surface area contributed by atoms with Crippen LogP contribution < -0.4 is 5.32 Å². The molecule has 1 saturated heterocycles. The summed E-state index contributed by atoms with van der Waals surface area (Å²) in [7, 11) is 0. The van der Waals surface area contributed by atoms with Gasteiger partial charge in [-0.15, -0.1) is 0 Å². The second kappa shape index (κ2) is 7.98. The van der Waals surface area contributed by atoms with E-state index in [1.807, 2.05) is 0 Å². The van der Waals surface area contributed by atoms with Gasteiger partial charge in [-0.2, -0.15) is 18.3 Å². The average molecular weight is 398 g/mol. The van der Waals surface area contributed by atoms with Crippen LogP contribution in [0.4, 0.5) is 13.2 Å². The van der Waals surface area contributed by atoms with Gasteiger partial charge < -0.3 is 14.6 Å². The van der Waals surface area contributed by atoms with Crippen LogP contribution in [-0.2, 0) is 12.7 Å². The molecular weight excluding hydrogens is 373 g/mol. The smallest absolute Gasteiger partial charge is 0.435 e. The summed E-state index contributed by atoms with van der Waals surface area (Å²) in [6.45, 7) is 7.33. The van der Waals surface area contributed by atoms with Gasteiger partial charge in [-0.1, -0.05) is 0 Å². The Bertz CT molecular complexity index is 804. The van der Waals surface area contributed by atoms with Gasteiger partial charge in [0.2, 0.25) is 0 Å². The zero-order valence-electron chi connectivity index (χ0n) is 16.2. The van der Waals surface area contributed by atoms with E-state index >= 15 is 0 Å². The molecule has 0 spiro atoms. The molecule has 6 nitrogen and oxygen atoms in total. The van der Waals surface area contributed by atoms with Crippen molar-refractivity contribution in [2.24, 2.45) is 0 Å². The van der Waals surface area contributed by atoms with Crippen LogP contribution in [0, 0.1) is 6.92 Å². The van der Waals surface area contributed by atoms with E-state index in [0.29, 0.717) is 24.6 Å². The molecule has 0 unspecified atom stereocenters. The van der Waals surface area contributed by atoms with Gasteiger partial charge in [-0.05, 0) is 45.7 Å². The quantitative estimate of drug-likeness (QED) is 0.833. The molecule has 0 atom stereocenters. The van der Waals surface area contributed by atoms with E-state index in [4.69, 9.17) is 4.42 Å². The number of amides is 1. The summed E-state index contributed by atoms with van der Waals surface area (Å²) in [5.74, 6) is -0.333. The van der Waals surface area contributed by atoms with Crippen molar-refractivity contribution in [1.29, 1.82) is 0 Å². The van der Waals surface area contributed by atoms with Crippen LogP contribution >= 0.6 is 0 Å². The molecule has 28 heavy (non-hydrogen) atoms. The summed E-state index contributed by atoms with van der Waals surface area (Å²) in [6.07, 6.45) is -1.86. The monoisotopic (exact) mass is 398 g/mol. The molecule has 0 radical (unpaired) electrons. The first-order chi connectivity index (χ1) is 13.2. The van der Waals surface area contributed by atoms with Gasteiger partial charge in [0.25, 0.3) is 5.91 Å². The lowest BCUT2D eigenvalue weighted by Crippen LogP contribution is -2.39.